The lowest BCUT2D eigenvalue weighted by molar-refractivity contribution is 0.170. The second-order valence-corrected chi connectivity index (χ2v) is 7.00. The van der Waals surface area contributed by atoms with Crippen LogP contribution >= 0.6 is 15.9 Å². The van der Waals surface area contributed by atoms with Gasteiger partial charge in [0.25, 0.3) is 0 Å². The minimum absolute atomic E-state index is 0.00629. The number of benzene rings is 1. The van der Waals surface area contributed by atoms with E-state index in [-0.39, 0.29) is 23.2 Å². The van der Waals surface area contributed by atoms with Crippen LogP contribution in [-0.4, -0.2) is 23.5 Å². The maximum absolute atomic E-state index is 14.0. The van der Waals surface area contributed by atoms with Crippen LogP contribution in [0.3, 0.4) is 0 Å². The van der Waals surface area contributed by atoms with Gasteiger partial charge in [0, 0.05) is 29.0 Å². The van der Waals surface area contributed by atoms with Crippen molar-refractivity contribution >= 4 is 15.9 Å². The first-order chi connectivity index (χ1) is 8.82. The molecule has 0 aliphatic carbocycles. The van der Waals surface area contributed by atoms with Crippen LogP contribution in [0.2, 0.25) is 0 Å². The van der Waals surface area contributed by atoms with Gasteiger partial charge in [-0.3, -0.25) is 4.90 Å². The molecule has 2 nitrogen and oxygen atoms in total. The molecule has 1 aliphatic heterocycles. The van der Waals surface area contributed by atoms with E-state index in [0.717, 1.165) is 11.0 Å². The standard InChI is InChI=1S/C15H18BrFN2/c1-15(2,3)19-8-10(7-18)13(9-19)12-6-11(16)4-5-14(12)17/h4-6,10,13H,8-9H2,1-3H3/t10-,13-/m0/s1. The summed E-state index contributed by atoms with van der Waals surface area (Å²) >= 11 is 3.38. The van der Waals surface area contributed by atoms with Crippen molar-refractivity contribution in [2.45, 2.75) is 32.2 Å². The lowest BCUT2D eigenvalue weighted by atomic mass is 9.90. The molecule has 0 radical (unpaired) electrons. The van der Waals surface area contributed by atoms with Crippen molar-refractivity contribution in [2.24, 2.45) is 5.92 Å². The normalized spacial score (nSPS) is 24.4. The molecule has 2 rings (SSSR count). The van der Waals surface area contributed by atoms with Gasteiger partial charge in [-0.05, 0) is 44.5 Å². The molecular formula is C15H18BrFN2. The maximum atomic E-state index is 14.0. The van der Waals surface area contributed by atoms with Crippen LogP contribution in [0.1, 0.15) is 32.3 Å². The van der Waals surface area contributed by atoms with Gasteiger partial charge in [-0.1, -0.05) is 15.9 Å². The molecule has 19 heavy (non-hydrogen) atoms. The monoisotopic (exact) mass is 324 g/mol. The number of hydrogen-bond acceptors (Lipinski definition) is 2. The van der Waals surface area contributed by atoms with Gasteiger partial charge in [0.1, 0.15) is 5.82 Å². The van der Waals surface area contributed by atoms with Gasteiger partial charge in [-0.15, -0.1) is 0 Å². The van der Waals surface area contributed by atoms with E-state index in [4.69, 9.17) is 0 Å². The largest absolute Gasteiger partial charge is 0.297 e. The van der Waals surface area contributed by atoms with Gasteiger partial charge in [0.15, 0.2) is 0 Å². The van der Waals surface area contributed by atoms with E-state index in [1.807, 2.05) is 0 Å². The molecule has 2 atom stereocenters. The van der Waals surface area contributed by atoms with Gasteiger partial charge in [-0.2, -0.15) is 5.26 Å². The van der Waals surface area contributed by atoms with E-state index in [1.165, 1.54) is 6.07 Å². The average molecular weight is 325 g/mol. The summed E-state index contributed by atoms with van der Waals surface area (Å²) in [4.78, 5) is 2.26. The summed E-state index contributed by atoms with van der Waals surface area (Å²) in [5.41, 5.74) is 0.652. The minimum atomic E-state index is -0.218. The van der Waals surface area contributed by atoms with Gasteiger partial charge in [0.2, 0.25) is 0 Å². The zero-order valence-electron chi connectivity index (χ0n) is 11.5. The van der Waals surface area contributed by atoms with E-state index in [9.17, 15) is 9.65 Å². The Hall–Kier alpha value is -0.920. The van der Waals surface area contributed by atoms with E-state index in [0.29, 0.717) is 12.1 Å². The molecule has 1 aromatic rings. The van der Waals surface area contributed by atoms with E-state index in [2.05, 4.69) is 47.7 Å². The molecule has 1 saturated heterocycles. The number of likely N-dealkylation sites (tertiary alicyclic amines) is 1. The lowest BCUT2D eigenvalue weighted by Gasteiger charge is -2.31. The van der Waals surface area contributed by atoms with Crippen LogP contribution in [0, 0.1) is 23.1 Å². The van der Waals surface area contributed by atoms with Crippen LogP contribution in [0.15, 0.2) is 22.7 Å². The Labute approximate surface area is 122 Å². The SMILES string of the molecule is CC(C)(C)N1C[C@H](c2cc(Br)ccc2F)[C@@H](C#N)C1. The predicted molar refractivity (Wildman–Crippen MR) is 77.3 cm³/mol. The Bertz CT molecular complexity index is 516. The lowest BCUT2D eigenvalue weighted by Crippen LogP contribution is -2.39. The summed E-state index contributed by atoms with van der Waals surface area (Å²) in [6.07, 6.45) is 0. The number of nitrogens with zero attached hydrogens (tertiary/aromatic N) is 2. The van der Waals surface area contributed by atoms with Crippen LogP contribution in [0.25, 0.3) is 0 Å². The van der Waals surface area contributed by atoms with Crippen molar-refractivity contribution in [3.05, 3.63) is 34.1 Å². The number of rotatable bonds is 1. The summed E-state index contributed by atoms with van der Waals surface area (Å²) < 4.78 is 14.9. The summed E-state index contributed by atoms with van der Waals surface area (Å²) in [5, 5.41) is 9.33. The van der Waals surface area contributed by atoms with Crippen molar-refractivity contribution in [2.75, 3.05) is 13.1 Å². The fraction of sp³-hybridized carbons (Fsp3) is 0.533. The Morgan fingerprint density at radius 2 is 2.05 bits per heavy atom. The van der Waals surface area contributed by atoms with Crippen molar-refractivity contribution in [1.82, 2.24) is 4.90 Å². The van der Waals surface area contributed by atoms with Gasteiger partial charge in [-0.25, -0.2) is 4.39 Å². The second kappa shape index (κ2) is 5.22. The quantitative estimate of drug-likeness (QED) is 0.782. The fourth-order valence-electron chi connectivity index (χ4n) is 2.60. The Kier molecular flexibility index (Phi) is 3.98. The molecule has 0 bridgehead atoms. The third-order valence-corrected chi connectivity index (χ3v) is 4.29. The summed E-state index contributed by atoms with van der Waals surface area (Å²) in [7, 11) is 0. The second-order valence-electron chi connectivity index (χ2n) is 6.08. The molecule has 1 aliphatic rings. The highest BCUT2D eigenvalue weighted by molar-refractivity contribution is 9.10. The summed E-state index contributed by atoms with van der Waals surface area (Å²) in [6.45, 7) is 7.81. The summed E-state index contributed by atoms with van der Waals surface area (Å²) in [6, 6.07) is 7.30. The summed E-state index contributed by atoms with van der Waals surface area (Å²) in [5.74, 6) is -0.422. The zero-order chi connectivity index (χ0) is 14.2. The topological polar surface area (TPSA) is 27.0 Å². The first-order valence-corrected chi connectivity index (χ1v) is 7.22. The van der Waals surface area contributed by atoms with Gasteiger partial charge < -0.3 is 0 Å². The number of hydrogen-bond donors (Lipinski definition) is 0. The minimum Gasteiger partial charge on any atom is -0.297 e. The molecule has 0 amide bonds. The molecule has 4 heteroatoms. The molecular weight excluding hydrogens is 307 g/mol. The highest BCUT2D eigenvalue weighted by Crippen LogP contribution is 2.37. The molecule has 1 fully saturated rings. The molecule has 0 saturated carbocycles. The molecule has 0 spiro atoms. The first-order valence-electron chi connectivity index (χ1n) is 6.42. The molecule has 0 unspecified atom stereocenters. The molecule has 1 aromatic carbocycles. The van der Waals surface area contributed by atoms with Crippen molar-refractivity contribution in [3.63, 3.8) is 0 Å². The van der Waals surface area contributed by atoms with E-state index >= 15 is 0 Å². The van der Waals surface area contributed by atoms with E-state index in [1.54, 1.807) is 12.1 Å². The number of halogens is 2. The van der Waals surface area contributed by atoms with Gasteiger partial charge >= 0.3 is 0 Å². The molecule has 0 aromatic heterocycles. The maximum Gasteiger partial charge on any atom is 0.126 e. The van der Waals surface area contributed by atoms with Crippen LogP contribution in [0.4, 0.5) is 4.39 Å². The van der Waals surface area contributed by atoms with Crippen molar-refractivity contribution in [1.29, 1.82) is 5.26 Å². The van der Waals surface area contributed by atoms with Crippen LogP contribution in [-0.2, 0) is 0 Å². The zero-order valence-corrected chi connectivity index (χ0v) is 13.0. The Balaban J connectivity index is 2.34. The third-order valence-electron chi connectivity index (χ3n) is 3.79. The highest BCUT2D eigenvalue weighted by Gasteiger charge is 2.39. The molecule has 102 valence electrons. The first kappa shape index (κ1) is 14.5. The fourth-order valence-corrected chi connectivity index (χ4v) is 2.98. The molecule has 0 N–H and O–H groups in total. The van der Waals surface area contributed by atoms with Crippen molar-refractivity contribution in [3.8, 4) is 6.07 Å². The van der Waals surface area contributed by atoms with E-state index < -0.39 is 0 Å². The highest BCUT2D eigenvalue weighted by atomic mass is 79.9. The van der Waals surface area contributed by atoms with Crippen LogP contribution in [0.5, 0.6) is 0 Å². The van der Waals surface area contributed by atoms with Crippen molar-refractivity contribution < 1.29 is 4.39 Å². The molecule has 1 heterocycles. The smallest absolute Gasteiger partial charge is 0.126 e. The Morgan fingerprint density at radius 1 is 1.37 bits per heavy atom. The Morgan fingerprint density at radius 3 is 2.63 bits per heavy atom. The third kappa shape index (κ3) is 2.98. The predicted octanol–water partition coefficient (Wildman–Crippen LogP) is 3.93. The average Bonchev–Trinajstić information content (AvgIpc) is 2.76. The van der Waals surface area contributed by atoms with Gasteiger partial charge in [0.05, 0.1) is 12.0 Å². The van der Waals surface area contributed by atoms with Crippen LogP contribution < -0.4 is 0 Å². The number of nitriles is 1.